The van der Waals surface area contributed by atoms with Crippen LogP contribution in [0.1, 0.15) is 73.9 Å². The summed E-state index contributed by atoms with van der Waals surface area (Å²) in [6.07, 6.45) is 1.82. The largest absolute Gasteiger partial charge is 0.456 e. The van der Waals surface area contributed by atoms with Crippen molar-refractivity contribution in [2.45, 2.75) is 56.8 Å². The maximum Gasteiger partial charge on any atom is 0.149 e. The van der Waals surface area contributed by atoms with E-state index in [1.54, 1.807) is 24.3 Å². The third-order valence-electron chi connectivity index (χ3n) is 10.6. The topological polar surface area (TPSA) is 84.5 Å². The number of fused-ring (bicyclic) bond motifs is 4. The summed E-state index contributed by atoms with van der Waals surface area (Å²) in [5.74, 6) is 4.33. The first-order valence-electron chi connectivity index (χ1n) is 17.8. The summed E-state index contributed by atoms with van der Waals surface area (Å²) in [4.78, 5) is 0. The average molecular weight is 695 g/mol. The van der Waals surface area contributed by atoms with Crippen LogP contribution in [-0.2, 0) is 16.2 Å². The fourth-order valence-electron chi connectivity index (χ4n) is 8.50. The second kappa shape index (κ2) is 12.9. The van der Waals surface area contributed by atoms with Gasteiger partial charge in [0.1, 0.15) is 69.3 Å². The van der Waals surface area contributed by atoms with Crippen LogP contribution in [0.4, 0.5) is 0 Å². The molecule has 2 aliphatic carbocycles. The standard InChI is InChI=1S/C47H38N2O4/c1-45(2)29-47(39-25-33(21-23-37(39)45)52-43-19-11-17-41(35(43)27-48)50-31-13-7-5-8-14-31)30-46(3,4)38-24-22-34(26-40(38)47)53-44-20-12-18-42(36(44)28-49)51-32-15-9-6-10-16-32/h5-26H,29-30H2,1-4H3. The predicted octanol–water partition coefficient (Wildman–Crippen LogP) is 12.2. The van der Waals surface area contributed by atoms with Gasteiger partial charge in [0.2, 0.25) is 0 Å². The highest BCUT2D eigenvalue weighted by Gasteiger charge is 2.56. The summed E-state index contributed by atoms with van der Waals surface area (Å²) in [5.41, 5.74) is 5.11. The molecular formula is C47H38N2O4. The van der Waals surface area contributed by atoms with Gasteiger partial charge in [0.05, 0.1) is 0 Å². The van der Waals surface area contributed by atoms with Gasteiger partial charge < -0.3 is 18.9 Å². The Hall–Kier alpha value is -6.50. The van der Waals surface area contributed by atoms with Crippen LogP contribution >= 0.6 is 0 Å². The Morgan fingerprint density at radius 2 is 0.774 bits per heavy atom. The van der Waals surface area contributed by atoms with Gasteiger partial charge in [-0.1, -0.05) is 88.4 Å². The Labute approximate surface area is 310 Å². The summed E-state index contributed by atoms with van der Waals surface area (Å²) in [7, 11) is 0. The Kier molecular flexibility index (Phi) is 8.20. The number of rotatable bonds is 8. The molecular weight excluding hydrogens is 657 g/mol. The van der Waals surface area contributed by atoms with Gasteiger partial charge in [-0.15, -0.1) is 0 Å². The molecule has 0 radical (unpaired) electrons. The Morgan fingerprint density at radius 1 is 0.415 bits per heavy atom. The molecule has 2 aliphatic rings. The van der Waals surface area contributed by atoms with Crippen molar-refractivity contribution in [3.8, 4) is 58.1 Å². The number of benzene rings is 6. The number of nitrogens with zero attached hydrogens (tertiary/aromatic N) is 2. The van der Waals surface area contributed by atoms with Crippen LogP contribution in [0.15, 0.2) is 133 Å². The zero-order chi connectivity index (χ0) is 36.8. The van der Waals surface area contributed by atoms with E-state index in [0.717, 1.165) is 12.8 Å². The second-order valence-electron chi connectivity index (χ2n) is 15.1. The molecule has 0 heterocycles. The molecule has 0 aliphatic heterocycles. The quantitative estimate of drug-likeness (QED) is 0.158. The molecule has 6 nitrogen and oxygen atoms in total. The van der Waals surface area contributed by atoms with Crippen LogP contribution in [0.2, 0.25) is 0 Å². The van der Waals surface area contributed by atoms with Gasteiger partial charge in [-0.05, 0) is 119 Å². The van der Waals surface area contributed by atoms with Crippen LogP contribution in [0.5, 0.6) is 46.0 Å². The van der Waals surface area contributed by atoms with E-state index in [4.69, 9.17) is 18.9 Å². The molecule has 0 fully saturated rings. The van der Waals surface area contributed by atoms with Crippen molar-refractivity contribution in [3.05, 3.63) is 167 Å². The molecule has 0 N–H and O–H groups in total. The van der Waals surface area contributed by atoms with Crippen molar-refractivity contribution in [1.29, 1.82) is 10.5 Å². The van der Waals surface area contributed by atoms with Crippen molar-refractivity contribution in [1.82, 2.24) is 0 Å². The molecule has 0 unspecified atom stereocenters. The molecule has 0 aromatic heterocycles. The van der Waals surface area contributed by atoms with Crippen LogP contribution in [0.3, 0.4) is 0 Å². The van der Waals surface area contributed by atoms with Crippen molar-refractivity contribution in [2.24, 2.45) is 0 Å². The maximum absolute atomic E-state index is 10.2. The molecule has 8 rings (SSSR count). The SMILES string of the molecule is CC1(C)CC2(CC(C)(C)c3ccc(Oc4cccc(Oc5ccccc5)c4C#N)cc32)c2cc(Oc3cccc(Oc4ccccc4)c3C#N)ccc21. The normalized spacial score (nSPS) is 15.4. The first-order valence-corrected chi connectivity index (χ1v) is 17.8. The highest BCUT2D eigenvalue weighted by atomic mass is 16.5. The maximum atomic E-state index is 10.2. The van der Waals surface area contributed by atoms with Gasteiger partial charge >= 0.3 is 0 Å². The fourth-order valence-corrected chi connectivity index (χ4v) is 8.50. The lowest BCUT2D eigenvalue weighted by Crippen LogP contribution is -2.27. The van der Waals surface area contributed by atoms with Crippen LogP contribution in [0, 0.1) is 22.7 Å². The highest BCUT2D eigenvalue weighted by Crippen LogP contribution is 2.63. The van der Waals surface area contributed by atoms with Crippen molar-refractivity contribution >= 4 is 0 Å². The van der Waals surface area contributed by atoms with Gasteiger partial charge in [-0.25, -0.2) is 0 Å². The molecule has 0 atom stereocenters. The summed E-state index contributed by atoms with van der Waals surface area (Å²) < 4.78 is 25.2. The molecule has 0 saturated heterocycles. The average Bonchev–Trinajstić information content (AvgIpc) is 3.51. The molecule has 1 spiro atoms. The Bertz CT molecular complexity index is 2270. The van der Waals surface area contributed by atoms with E-state index in [2.05, 4.69) is 64.1 Å². The van der Waals surface area contributed by atoms with E-state index >= 15 is 0 Å². The third kappa shape index (κ3) is 6.03. The second-order valence-corrected chi connectivity index (χ2v) is 15.1. The minimum Gasteiger partial charge on any atom is -0.456 e. The number of hydrogen-bond acceptors (Lipinski definition) is 6. The van der Waals surface area contributed by atoms with Crippen LogP contribution < -0.4 is 18.9 Å². The molecule has 6 heteroatoms. The van der Waals surface area contributed by atoms with Gasteiger partial charge in [0.25, 0.3) is 0 Å². The van der Waals surface area contributed by atoms with Gasteiger partial charge in [0, 0.05) is 5.41 Å². The molecule has 260 valence electrons. The Morgan fingerprint density at radius 3 is 1.13 bits per heavy atom. The number of para-hydroxylation sites is 2. The highest BCUT2D eigenvalue weighted by molar-refractivity contribution is 5.63. The zero-order valence-corrected chi connectivity index (χ0v) is 30.1. The third-order valence-corrected chi connectivity index (χ3v) is 10.6. The van der Waals surface area contributed by atoms with Crippen LogP contribution in [0.25, 0.3) is 0 Å². The molecule has 0 amide bonds. The summed E-state index contributed by atoms with van der Waals surface area (Å²) in [6.45, 7) is 9.23. The lowest BCUT2D eigenvalue weighted by atomic mass is 9.72. The minimum atomic E-state index is -0.316. The summed E-state index contributed by atoms with van der Waals surface area (Å²) in [6, 6.07) is 46.9. The van der Waals surface area contributed by atoms with E-state index in [1.165, 1.54) is 22.3 Å². The van der Waals surface area contributed by atoms with Crippen molar-refractivity contribution < 1.29 is 18.9 Å². The van der Waals surface area contributed by atoms with Gasteiger partial charge in [-0.3, -0.25) is 0 Å². The molecule has 6 aromatic carbocycles. The van der Waals surface area contributed by atoms with Crippen LogP contribution in [-0.4, -0.2) is 0 Å². The molecule has 0 bridgehead atoms. The zero-order valence-electron chi connectivity index (χ0n) is 30.1. The first-order chi connectivity index (χ1) is 25.6. The van der Waals surface area contributed by atoms with E-state index in [0.29, 0.717) is 57.1 Å². The first kappa shape index (κ1) is 33.6. The van der Waals surface area contributed by atoms with E-state index in [1.807, 2.05) is 84.9 Å². The van der Waals surface area contributed by atoms with Gasteiger partial charge in [0.15, 0.2) is 0 Å². The molecule has 53 heavy (non-hydrogen) atoms. The molecule has 6 aromatic rings. The minimum absolute atomic E-state index is 0.110. The van der Waals surface area contributed by atoms with E-state index in [-0.39, 0.29) is 16.2 Å². The predicted molar refractivity (Wildman–Crippen MR) is 204 cm³/mol. The number of ether oxygens (including phenoxy) is 4. The summed E-state index contributed by atoms with van der Waals surface area (Å²) >= 11 is 0. The van der Waals surface area contributed by atoms with Crippen molar-refractivity contribution in [2.75, 3.05) is 0 Å². The van der Waals surface area contributed by atoms with Gasteiger partial charge in [-0.2, -0.15) is 10.5 Å². The summed E-state index contributed by atoms with van der Waals surface area (Å²) in [5, 5.41) is 20.4. The van der Waals surface area contributed by atoms with E-state index < -0.39 is 0 Å². The number of nitriles is 2. The number of hydrogen-bond donors (Lipinski definition) is 0. The van der Waals surface area contributed by atoms with E-state index in [9.17, 15) is 10.5 Å². The lowest BCUT2D eigenvalue weighted by Gasteiger charge is -2.30. The smallest absolute Gasteiger partial charge is 0.149 e. The lowest BCUT2D eigenvalue weighted by molar-refractivity contribution is 0.349. The monoisotopic (exact) mass is 694 g/mol. The fraction of sp³-hybridized carbons (Fsp3) is 0.191. The molecule has 0 saturated carbocycles. The van der Waals surface area contributed by atoms with Crippen molar-refractivity contribution in [3.63, 3.8) is 0 Å². The Balaban J connectivity index is 1.16.